The van der Waals surface area contributed by atoms with Crippen LogP contribution in [0.25, 0.3) is 99.1 Å². The molecule has 0 fully saturated rings. The quantitative estimate of drug-likeness (QED) is 0.104. The van der Waals surface area contributed by atoms with Crippen molar-refractivity contribution >= 4 is 77.5 Å². The second kappa shape index (κ2) is 21.8. The van der Waals surface area contributed by atoms with E-state index in [4.69, 9.17) is 4.98 Å². The lowest BCUT2D eigenvalue weighted by molar-refractivity contribution is 0.908. The Hall–Kier alpha value is -9.51. The first kappa shape index (κ1) is 52.8. The number of rotatable bonds is 9. The molecule has 14 aromatic rings. The molecule has 83 heavy (non-hydrogen) atoms. The minimum absolute atomic E-state index is 0.174. The Morgan fingerprint density at radius 3 is 1.11 bits per heavy atom. The third kappa shape index (κ3) is 9.43. The third-order valence-corrected chi connectivity index (χ3v) is 17.3. The second-order valence-corrected chi connectivity index (χ2v) is 23.0. The van der Waals surface area contributed by atoms with Gasteiger partial charge < -0.3 is 4.57 Å². The van der Waals surface area contributed by atoms with Gasteiger partial charge in [0.05, 0.1) is 22.1 Å². The minimum atomic E-state index is 0.174. The summed E-state index contributed by atoms with van der Waals surface area (Å²) >= 11 is 0. The Bertz CT molecular complexity index is 4550. The van der Waals surface area contributed by atoms with Crippen LogP contribution in [-0.4, -0.2) is 20.8 Å². The first-order valence-electron chi connectivity index (χ1n) is 29.4. The summed E-state index contributed by atoms with van der Waals surface area (Å²) < 4.78 is 4.73. The zero-order chi connectivity index (χ0) is 57.0. The van der Waals surface area contributed by atoms with Crippen molar-refractivity contribution in [3.8, 4) is 44.8 Å². The minimum Gasteiger partial charge on any atom is -0.309 e. The molecule has 0 saturated carbocycles. The second-order valence-electron chi connectivity index (χ2n) is 23.0. The molecular weight excluding hydrogens is 1000 g/mol. The van der Waals surface area contributed by atoms with Crippen LogP contribution < -0.4 is 16.4 Å². The van der Waals surface area contributed by atoms with Gasteiger partial charge in [-0.25, -0.2) is 4.98 Å². The summed E-state index contributed by atoms with van der Waals surface area (Å²) in [4.78, 5) is 4.89. The number of nitrogens with zero attached hydrogens (tertiary/aromatic N) is 3. The van der Waals surface area contributed by atoms with Crippen molar-refractivity contribution in [1.29, 1.82) is 0 Å². The average molecular weight is 1070 g/mol. The predicted octanol–water partition coefficient (Wildman–Crippen LogP) is 18.7. The van der Waals surface area contributed by atoms with E-state index < -0.39 is 0 Å². The highest BCUT2D eigenvalue weighted by atomic mass is 15.1. The molecule has 0 aliphatic rings. The van der Waals surface area contributed by atoms with Gasteiger partial charge in [0, 0.05) is 28.6 Å². The molecule has 0 amide bonds. The van der Waals surface area contributed by atoms with Gasteiger partial charge in [0.1, 0.15) is 5.82 Å². The molecule has 0 N–H and O–H groups in total. The summed E-state index contributed by atoms with van der Waals surface area (Å²) in [6, 6.07) is 86.5. The van der Waals surface area contributed by atoms with Crippen molar-refractivity contribution in [2.45, 2.75) is 68.7 Å². The van der Waals surface area contributed by atoms with Crippen LogP contribution in [0.2, 0.25) is 0 Å². The van der Waals surface area contributed by atoms with Gasteiger partial charge in [-0.3, -0.25) is 4.57 Å². The average Bonchev–Trinajstić information content (AvgIpc) is 3.36. The highest BCUT2D eigenvalue weighted by molar-refractivity contribution is 6.97. The van der Waals surface area contributed by atoms with Gasteiger partial charge in [-0.15, -0.1) is 0 Å². The van der Waals surface area contributed by atoms with E-state index in [1.807, 2.05) is 0 Å². The van der Waals surface area contributed by atoms with Crippen molar-refractivity contribution in [3.63, 3.8) is 0 Å². The van der Waals surface area contributed by atoms with Crippen molar-refractivity contribution in [3.05, 3.63) is 287 Å². The summed E-state index contributed by atoms with van der Waals surface area (Å²) in [6.45, 7) is 20.5. The molecule has 0 bridgehead atoms. The van der Waals surface area contributed by atoms with Gasteiger partial charge >= 0.3 is 0 Å². The van der Waals surface area contributed by atoms with Crippen LogP contribution in [0, 0.1) is 55.4 Å². The van der Waals surface area contributed by atoms with Gasteiger partial charge in [0.2, 0.25) is 6.71 Å². The standard InChI is InChI=1S/C41H30N2.C38H38BN/c1-2-39-42-37-18-10-11-19-38(37)43(39)32-26-24-31(25-27-32)41-35-16-8-6-14-33(35)40(34-15-7-9-17-36(34)41)30-22-20-29(21-23-30)28-12-4-3-5-13-28;1-23-17-25(3)36(26(4)18-23)39(37-27(5)19-24(2)20-28(37)6)38-29(7)21-31(22-30(38)8)40-34-15-11-9-13-32(34)33-14-10-12-16-35(33)40/h3-27H,2H2,1H3;9-22H,1-8H3. The SMILES string of the molecule is CCc1nc2ccccc2n1-c1ccc(-c2c3ccccc3c(-c3ccc(-c4ccccc4)cc3)c3ccccc23)cc1.Cc1cc(C)c(B(c2c(C)cc(C)cc2C)c2c(C)cc(-n3c4ccccc4c4ccccc43)cc2C)c(C)c1. The van der Waals surface area contributed by atoms with Gasteiger partial charge in [-0.05, 0) is 159 Å². The van der Waals surface area contributed by atoms with E-state index in [1.165, 1.54) is 143 Å². The Morgan fingerprint density at radius 1 is 0.313 bits per heavy atom. The Labute approximate surface area is 489 Å². The number of aryl methyl sites for hydroxylation is 9. The van der Waals surface area contributed by atoms with Crippen LogP contribution in [0.3, 0.4) is 0 Å². The molecule has 402 valence electrons. The van der Waals surface area contributed by atoms with Crippen molar-refractivity contribution < 1.29 is 0 Å². The molecule has 0 radical (unpaired) electrons. The fourth-order valence-electron chi connectivity index (χ4n) is 14.1. The van der Waals surface area contributed by atoms with E-state index >= 15 is 0 Å². The van der Waals surface area contributed by atoms with Crippen LogP contribution in [0.4, 0.5) is 0 Å². The van der Waals surface area contributed by atoms with E-state index in [1.54, 1.807) is 0 Å². The highest BCUT2D eigenvalue weighted by Gasteiger charge is 2.31. The normalized spacial score (nSPS) is 11.5. The van der Waals surface area contributed by atoms with Crippen LogP contribution in [0.5, 0.6) is 0 Å². The molecule has 0 aliphatic carbocycles. The van der Waals surface area contributed by atoms with Crippen LogP contribution >= 0.6 is 0 Å². The molecule has 0 aliphatic heterocycles. The van der Waals surface area contributed by atoms with Crippen LogP contribution in [0.1, 0.15) is 57.3 Å². The summed E-state index contributed by atoms with van der Waals surface area (Å²) in [6.07, 6.45) is 0.875. The maximum Gasteiger partial charge on any atom is 0.243 e. The first-order valence-corrected chi connectivity index (χ1v) is 29.4. The van der Waals surface area contributed by atoms with E-state index in [2.05, 4.69) is 308 Å². The number of fused-ring (bicyclic) bond motifs is 6. The topological polar surface area (TPSA) is 22.8 Å². The number of hydrogen-bond donors (Lipinski definition) is 0. The Balaban J connectivity index is 0.000000156. The molecule has 3 nitrogen and oxygen atoms in total. The van der Waals surface area contributed by atoms with E-state index in [0.29, 0.717) is 0 Å². The van der Waals surface area contributed by atoms with Crippen molar-refractivity contribution in [2.24, 2.45) is 0 Å². The fourth-order valence-corrected chi connectivity index (χ4v) is 14.1. The van der Waals surface area contributed by atoms with Gasteiger partial charge in [0.25, 0.3) is 0 Å². The Kier molecular flexibility index (Phi) is 13.9. The molecule has 4 heteroatoms. The first-order chi connectivity index (χ1) is 40.4. The molecule has 14 rings (SSSR count). The molecule has 0 atom stereocenters. The molecule has 0 spiro atoms. The number of aromatic nitrogens is 3. The van der Waals surface area contributed by atoms with Crippen molar-refractivity contribution in [1.82, 2.24) is 14.1 Å². The molecule has 2 heterocycles. The largest absolute Gasteiger partial charge is 0.309 e. The maximum absolute atomic E-state index is 4.89. The lowest BCUT2D eigenvalue weighted by atomic mass is 9.33. The number of imidazole rings is 1. The van der Waals surface area contributed by atoms with E-state index in [0.717, 1.165) is 29.0 Å². The number of para-hydroxylation sites is 4. The molecule has 0 unspecified atom stereocenters. The van der Waals surface area contributed by atoms with Gasteiger partial charge in [-0.1, -0.05) is 256 Å². The van der Waals surface area contributed by atoms with Crippen LogP contribution in [0.15, 0.2) is 237 Å². The molecule has 0 saturated heterocycles. The summed E-state index contributed by atoms with van der Waals surface area (Å²) in [5, 5.41) is 7.65. The highest BCUT2D eigenvalue weighted by Crippen LogP contribution is 2.44. The monoisotopic (exact) mass is 1070 g/mol. The summed E-state index contributed by atoms with van der Waals surface area (Å²) in [5.41, 5.74) is 29.6. The van der Waals surface area contributed by atoms with Crippen molar-refractivity contribution in [2.75, 3.05) is 0 Å². The van der Waals surface area contributed by atoms with Gasteiger partial charge in [0.15, 0.2) is 0 Å². The predicted molar refractivity (Wildman–Crippen MR) is 358 cm³/mol. The third-order valence-electron chi connectivity index (χ3n) is 17.3. The number of benzene rings is 12. The zero-order valence-corrected chi connectivity index (χ0v) is 49.1. The van der Waals surface area contributed by atoms with E-state index in [-0.39, 0.29) is 6.71 Å². The lowest BCUT2D eigenvalue weighted by Gasteiger charge is -2.27. The smallest absolute Gasteiger partial charge is 0.243 e. The maximum atomic E-state index is 4.89. The fraction of sp³-hybridized carbons (Fsp3) is 0.127. The molecule has 2 aromatic heterocycles. The molecule has 12 aromatic carbocycles. The summed E-state index contributed by atoms with van der Waals surface area (Å²) in [5.74, 6) is 1.08. The number of hydrogen-bond acceptors (Lipinski definition) is 1. The Morgan fingerprint density at radius 2 is 0.663 bits per heavy atom. The molecular formula is C79H68BN3. The van der Waals surface area contributed by atoms with E-state index in [9.17, 15) is 0 Å². The zero-order valence-electron chi connectivity index (χ0n) is 49.1. The van der Waals surface area contributed by atoms with Crippen LogP contribution in [-0.2, 0) is 6.42 Å². The van der Waals surface area contributed by atoms with Gasteiger partial charge in [-0.2, -0.15) is 0 Å². The summed E-state index contributed by atoms with van der Waals surface area (Å²) in [7, 11) is 0. The lowest BCUT2D eigenvalue weighted by Crippen LogP contribution is -2.57.